The number of halogens is 2. The number of thioether (sulfide) groups is 1. The van der Waals surface area contributed by atoms with Crippen molar-refractivity contribution in [3.63, 3.8) is 0 Å². The third-order valence-electron chi connectivity index (χ3n) is 6.20. The number of ether oxygens (including phenoxy) is 2. The molecule has 0 bridgehead atoms. The van der Waals surface area contributed by atoms with E-state index >= 15 is 0 Å². The van der Waals surface area contributed by atoms with Crippen LogP contribution in [0.25, 0.3) is 27.7 Å². The molecule has 2 heterocycles. The Kier molecular flexibility index (Phi) is 7.21. The topological polar surface area (TPSA) is 97.5 Å². The van der Waals surface area contributed by atoms with E-state index < -0.39 is 28.2 Å². The average Bonchev–Trinajstić information content (AvgIpc) is 3.26. The van der Waals surface area contributed by atoms with E-state index in [-0.39, 0.29) is 24.3 Å². The number of aryl methyl sites for hydroxylation is 1. The molecule has 198 valence electrons. The summed E-state index contributed by atoms with van der Waals surface area (Å²) in [7, 11) is 0. The molecule has 0 saturated carbocycles. The van der Waals surface area contributed by atoms with E-state index in [0.29, 0.717) is 38.6 Å². The number of hydrogen-bond acceptors (Lipinski definition) is 6. The van der Waals surface area contributed by atoms with Crippen molar-refractivity contribution in [1.29, 1.82) is 0 Å². The number of nitrogens with one attached hydrogen (secondary N) is 2. The van der Waals surface area contributed by atoms with E-state index in [9.17, 15) is 23.2 Å². The number of H-pyrrole nitrogens is 1. The highest BCUT2D eigenvalue weighted by atomic mass is 32.2. The molecule has 2 N–H and O–H groups in total. The standard InChI is InChI=1S/C29H22F2N2O5S/c1-15-13-20(31)14-22-23(15)32-24(18-3-7-19(30)8-4-18)26(25(22)34)38-12-11-37-21-9-5-17(6-10-21)16(2)27-28(35)33-29(36)39-27/h3-10,13-14H,11-12H2,1-2H3,(H,32,34)(H,33,35,36). The van der Waals surface area contributed by atoms with Crippen molar-refractivity contribution >= 4 is 39.4 Å². The second-order valence-electron chi connectivity index (χ2n) is 8.83. The van der Waals surface area contributed by atoms with Gasteiger partial charge in [0.15, 0.2) is 5.75 Å². The molecular formula is C29H22F2N2O5S. The highest BCUT2D eigenvalue weighted by Gasteiger charge is 2.27. The number of carbonyl (C=O) groups excluding carboxylic acids is 2. The second kappa shape index (κ2) is 10.7. The summed E-state index contributed by atoms with van der Waals surface area (Å²) in [5.41, 5.74) is 2.84. The first-order chi connectivity index (χ1) is 18.7. The number of benzene rings is 3. The summed E-state index contributed by atoms with van der Waals surface area (Å²) in [5.74, 6) is -0.873. The van der Waals surface area contributed by atoms with Crippen LogP contribution in [0.3, 0.4) is 0 Å². The summed E-state index contributed by atoms with van der Waals surface area (Å²) in [4.78, 5) is 40.2. The van der Waals surface area contributed by atoms with Crippen LogP contribution in [-0.2, 0) is 4.79 Å². The smallest absolute Gasteiger partial charge is 0.290 e. The largest absolute Gasteiger partial charge is 0.490 e. The number of aromatic amines is 1. The predicted molar refractivity (Wildman–Crippen MR) is 146 cm³/mol. The summed E-state index contributed by atoms with van der Waals surface area (Å²) in [5, 5.41) is 1.98. The van der Waals surface area contributed by atoms with Crippen LogP contribution in [-0.4, -0.2) is 29.3 Å². The summed E-state index contributed by atoms with van der Waals surface area (Å²) < 4.78 is 39.2. The molecule has 1 aliphatic rings. The monoisotopic (exact) mass is 548 g/mol. The zero-order valence-corrected chi connectivity index (χ0v) is 21.7. The number of carbonyl (C=O) groups is 2. The van der Waals surface area contributed by atoms with Gasteiger partial charge in [-0.1, -0.05) is 12.1 Å². The highest BCUT2D eigenvalue weighted by molar-refractivity contribution is 8.18. The molecule has 2 amide bonds. The van der Waals surface area contributed by atoms with Crippen LogP contribution in [0, 0.1) is 18.6 Å². The van der Waals surface area contributed by atoms with E-state index in [1.807, 2.05) is 0 Å². The van der Waals surface area contributed by atoms with Crippen LogP contribution < -0.4 is 20.2 Å². The molecule has 1 aromatic heterocycles. The third kappa shape index (κ3) is 5.42. The first-order valence-corrected chi connectivity index (χ1v) is 12.7. The number of aromatic nitrogens is 1. The van der Waals surface area contributed by atoms with Crippen LogP contribution in [0.4, 0.5) is 13.6 Å². The van der Waals surface area contributed by atoms with Gasteiger partial charge in [0.05, 0.1) is 21.5 Å². The fourth-order valence-corrected chi connectivity index (χ4v) is 5.00. The molecule has 0 radical (unpaired) electrons. The van der Waals surface area contributed by atoms with Gasteiger partial charge in [-0.2, -0.15) is 0 Å². The molecule has 4 aromatic rings. The minimum atomic E-state index is -0.539. The molecular weight excluding hydrogens is 526 g/mol. The van der Waals surface area contributed by atoms with Gasteiger partial charge in [0.2, 0.25) is 5.43 Å². The Labute approximate surface area is 225 Å². The van der Waals surface area contributed by atoms with E-state index in [1.54, 1.807) is 38.1 Å². The number of amides is 2. The van der Waals surface area contributed by atoms with Crippen molar-refractivity contribution in [1.82, 2.24) is 10.3 Å². The van der Waals surface area contributed by atoms with Gasteiger partial charge in [-0.25, -0.2) is 8.78 Å². The maximum Gasteiger partial charge on any atom is 0.290 e. The van der Waals surface area contributed by atoms with E-state index in [0.717, 1.165) is 23.4 Å². The number of hydrogen-bond donors (Lipinski definition) is 2. The lowest BCUT2D eigenvalue weighted by molar-refractivity contribution is -0.115. The van der Waals surface area contributed by atoms with Crippen molar-refractivity contribution in [3.8, 4) is 22.8 Å². The Bertz CT molecular complexity index is 1700. The minimum absolute atomic E-state index is 0.000826. The van der Waals surface area contributed by atoms with Crippen molar-refractivity contribution in [3.05, 3.63) is 98.6 Å². The van der Waals surface area contributed by atoms with Gasteiger partial charge in [0, 0.05) is 5.56 Å². The van der Waals surface area contributed by atoms with Crippen molar-refractivity contribution in [2.75, 3.05) is 13.2 Å². The molecule has 0 unspecified atom stereocenters. The van der Waals surface area contributed by atoms with Gasteiger partial charge in [-0.3, -0.25) is 19.7 Å². The number of fused-ring (bicyclic) bond motifs is 1. The Morgan fingerprint density at radius 1 is 0.897 bits per heavy atom. The Balaban J connectivity index is 1.34. The van der Waals surface area contributed by atoms with Crippen molar-refractivity contribution < 1.29 is 27.8 Å². The molecule has 5 rings (SSSR count). The van der Waals surface area contributed by atoms with Crippen LogP contribution in [0.5, 0.6) is 11.5 Å². The number of pyridine rings is 1. The molecule has 7 nitrogen and oxygen atoms in total. The van der Waals surface area contributed by atoms with Crippen LogP contribution in [0.15, 0.2) is 70.4 Å². The summed E-state index contributed by atoms with van der Waals surface area (Å²) in [6.45, 7) is 3.54. The van der Waals surface area contributed by atoms with E-state index in [2.05, 4.69) is 10.3 Å². The van der Waals surface area contributed by atoms with Crippen LogP contribution in [0.1, 0.15) is 18.1 Å². The van der Waals surface area contributed by atoms with Crippen LogP contribution in [0.2, 0.25) is 0 Å². The Morgan fingerprint density at radius 2 is 1.59 bits per heavy atom. The van der Waals surface area contributed by atoms with Gasteiger partial charge in [-0.05, 0) is 90.8 Å². The summed E-state index contributed by atoms with van der Waals surface area (Å²) in [6, 6.07) is 15.1. The highest BCUT2D eigenvalue weighted by Crippen LogP contribution is 2.32. The van der Waals surface area contributed by atoms with Crippen molar-refractivity contribution in [2.24, 2.45) is 0 Å². The molecule has 1 aliphatic heterocycles. The maximum absolute atomic E-state index is 14.1. The Morgan fingerprint density at radius 3 is 2.26 bits per heavy atom. The average molecular weight is 549 g/mol. The fourth-order valence-electron chi connectivity index (χ4n) is 4.26. The number of rotatable bonds is 7. The van der Waals surface area contributed by atoms with Crippen LogP contribution >= 0.6 is 11.8 Å². The van der Waals surface area contributed by atoms with Gasteiger partial charge < -0.3 is 14.5 Å². The molecule has 1 fully saturated rings. The third-order valence-corrected chi connectivity index (χ3v) is 7.19. The van der Waals surface area contributed by atoms with Gasteiger partial charge >= 0.3 is 0 Å². The zero-order valence-electron chi connectivity index (χ0n) is 20.9. The maximum atomic E-state index is 14.1. The molecule has 0 aliphatic carbocycles. The second-order valence-corrected chi connectivity index (χ2v) is 9.81. The zero-order chi connectivity index (χ0) is 27.7. The summed E-state index contributed by atoms with van der Waals surface area (Å²) >= 11 is 0.864. The SMILES string of the molecule is CC(=C1SC(=O)NC1=O)c1ccc(OCCOc2c(-c3ccc(F)cc3)[nH]c3c(C)cc(F)cc3c2=O)cc1. The van der Waals surface area contributed by atoms with Gasteiger partial charge in [-0.15, -0.1) is 0 Å². The first-order valence-electron chi connectivity index (χ1n) is 11.9. The molecule has 1 saturated heterocycles. The lowest BCUT2D eigenvalue weighted by Crippen LogP contribution is -2.18. The lowest BCUT2D eigenvalue weighted by Gasteiger charge is -2.15. The summed E-state index contributed by atoms with van der Waals surface area (Å²) in [6.07, 6.45) is 0. The van der Waals surface area contributed by atoms with Gasteiger partial charge in [0.1, 0.15) is 30.6 Å². The fraction of sp³-hybridized carbons (Fsp3) is 0.138. The Hall–Kier alpha value is -4.44. The number of imide groups is 1. The van der Waals surface area contributed by atoms with Gasteiger partial charge in [0.25, 0.3) is 11.1 Å². The van der Waals surface area contributed by atoms with E-state index in [1.165, 1.54) is 30.3 Å². The number of allylic oxidation sites excluding steroid dienone is 1. The minimum Gasteiger partial charge on any atom is -0.490 e. The predicted octanol–water partition coefficient (Wildman–Crippen LogP) is 5.95. The normalized spacial score (nSPS) is 14.5. The lowest BCUT2D eigenvalue weighted by atomic mass is 10.1. The van der Waals surface area contributed by atoms with Crippen molar-refractivity contribution in [2.45, 2.75) is 13.8 Å². The molecule has 0 spiro atoms. The molecule has 10 heteroatoms. The molecule has 3 aromatic carbocycles. The molecule has 39 heavy (non-hydrogen) atoms. The van der Waals surface area contributed by atoms with E-state index in [4.69, 9.17) is 9.47 Å². The molecule has 0 atom stereocenters. The first kappa shape index (κ1) is 26.2. The quantitative estimate of drug-likeness (QED) is 0.219.